The van der Waals surface area contributed by atoms with E-state index in [-0.39, 0.29) is 10.8 Å². The molecule has 1 N–H and O–H groups in total. The van der Waals surface area contributed by atoms with E-state index in [1.807, 2.05) is 6.07 Å². The molecule has 0 aliphatic heterocycles. The van der Waals surface area contributed by atoms with Gasteiger partial charge in [0, 0.05) is 20.3 Å². The summed E-state index contributed by atoms with van der Waals surface area (Å²) in [6.45, 7) is 2.44. The van der Waals surface area contributed by atoms with Crippen molar-refractivity contribution >= 4 is 11.6 Å². The van der Waals surface area contributed by atoms with Gasteiger partial charge in [0.25, 0.3) is 0 Å². The zero-order valence-electron chi connectivity index (χ0n) is 10.1. The lowest BCUT2D eigenvalue weighted by molar-refractivity contribution is 0.192. The van der Waals surface area contributed by atoms with Crippen LogP contribution >= 0.6 is 11.6 Å². The van der Waals surface area contributed by atoms with Gasteiger partial charge in [0.05, 0.1) is 5.02 Å². The standard InChI is InChI=1S/C13H19ClFNO/c1-17-8-4-2-3-7-16-10-11-5-6-12(14)13(15)9-11/h5-6,9,16H,2-4,7-8,10H2,1H3. The highest BCUT2D eigenvalue weighted by molar-refractivity contribution is 6.30. The fourth-order valence-electron chi connectivity index (χ4n) is 1.56. The monoisotopic (exact) mass is 259 g/mol. The minimum Gasteiger partial charge on any atom is -0.385 e. The molecule has 0 fully saturated rings. The number of benzene rings is 1. The second-order valence-electron chi connectivity index (χ2n) is 3.98. The molecule has 4 heteroatoms. The van der Waals surface area contributed by atoms with Crippen molar-refractivity contribution in [1.29, 1.82) is 0 Å². The minimum atomic E-state index is -0.355. The van der Waals surface area contributed by atoms with Gasteiger partial charge in [0.1, 0.15) is 5.82 Å². The minimum absolute atomic E-state index is 0.174. The van der Waals surface area contributed by atoms with Crippen LogP contribution in [-0.4, -0.2) is 20.3 Å². The Bertz CT molecular complexity index is 333. The van der Waals surface area contributed by atoms with Gasteiger partial charge in [-0.2, -0.15) is 0 Å². The molecule has 0 bridgehead atoms. The van der Waals surface area contributed by atoms with Crippen LogP contribution in [0.15, 0.2) is 18.2 Å². The Hall–Kier alpha value is -0.640. The van der Waals surface area contributed by atoms with Crippen LogP contribution < -0.4 is 5.32 Å². The quantitative estimate of drug-likeness (QED) is 0.723. The van der Waals surface area contributed by atoms with E-state index in [4.69, 9.17) is 16.3 Å². The van der Waals surface area contributed by atoms with Crippen molar-refractivity contribution in [2.24, 2.45) is 0 Å². The van der Waals surface area contributed by atoms with Crippen LogP contribution in [-0.2, 0) is 11.3 Å². The predicted molar refractivity (Wildman–Crippen MR) is 68.8 cm³/mol. The summed E-state index contributed by atoms with van der Waals surface area (Å²) in [7, 11) is 1.72. The first-order valence-electron chi connectivity index (χ1n) is 5.87. The second-order valence-corrected chi connectivity index (χ2v) is 4.39. The Morgan fingerprint density at radius 1 is 1.29 bits per heavy atom. The summed E-state index contributed by atoms with van der Waals surface area (Å²) < 4.78 is 18.1. The molecule has 1 aromatic rings. The van der Waals surface area contributed by atoms with Crippen molar-refractivity contribution in [1.82, 2.24) is 5.32 Å². The number of hydrogen-bond acceptors (Lipinski definition) is 2. The number of rotatable bonds is 8. The van der Waals surface area contributed by atoms with Gasteiger partial charge < -0.3 is 10.1 Å². The first kappa shape index (κ1) is 14.4. The Morgan fingerprint density at radius 3 is 2.82 bits per heavy atom. The number of nitrogens with one attached hydrogen (secondary N) is 1. The van der Waals surface area contributed by atoms with Gasteiger partial charge in [-0.05, 0) is 43.5 Å². The van der Waals surface area contributed by atoms with Gasteiger partial charge in [0.15, 0.2) is 0 Å². The maximum Gasteiger partial charge on any atom is 0.142 e. The fraction of sp³-hybridized carbons (Fsp3) is 0.538. The van der Waals surface area contributed by atoms with Crippen LogP contribution in [0.1, 0.15) is 24.8 Å². The largest absolute Gasteiger partial charge is 0.385 e. The van der Waals surface area contributed by atoms with Crippen LogP contribution in [0.4, 0.5) is 4.39 Å². The Labute approximate surface area is 107 Å². The molecule has 0 aromatic heterocycles. The van der Waals surface area contributed by atoms with Gasteiger partial charge in [-0.3, -0.25) is 0 Å². The molecule has 0 atom stereocenters. The molecule has 96 valence electrons. The zero-order valence-corrected chi connectivity index (χ0v) is 10.9. The summed E-state index contributed by atoms with van der Waals surface area (Å²) in [5.41, 5.74) is 0.920. The van der Waals surface area contributed by atoms with Crippen LogP contribution in [0.5, 0.6) is 0 Å². The molecule has 0 amide bonds. The number of hydrogen-bond donors (Lipinski definition) is 1. The number of methoxy groups -OCH3 is 1. The van der Waals surface area contributed by atoms with E-state index >= 15 is 0 Å². The first-order chi connectivity index (χ1) is 8.24. The molecule has 2 nitrogen and oxygen atoms in total. The fourth-order valence-corrected chi connectivity index (χ4v) is 1.67. The number of unbranched alkanes of at least 4 members (excludes halogenated alkanes) is 2. The average molecular weight is 260 g/mol. The van der Waals surface area contributed by atoms with Crippen LogP contribution in [0, 0.1) is 5.82 Å². The highest BCUT2D eigenvalue weighted by Crippen LogP contribution is 2.15. The zero-order chi connectivity index (χ0) is 12.5. The Morgan fingerprint density at radius 2 is 2.12 bits per heavy atom. The van der Waals surface area contributed by atoms with Crippen molar-refractivity contribution < 1.29 is 9.13 Å². The molecule has 0 saturated heterocycles. The maximum atomic E-state index is 13.1. The smallest absolute Gasteiger partial charge is 0.142 e. The van der Waals surface area contributed by atoms with Gasteiger partial charge in [0.2, 0.25) is 0 Å². The Balaban J connectivity index is 2.11. The molecule has 0 saturated carbocycles. The molecule has 0 unspecified atom stereocenters. The van der Waals surface area contributed by atoms with E-state index in [9.17, 15) is 4.39 Å². The molecule has 0 radical (unpaired) electrons. The second kappa shape index (κ2) is 8.45. The number of ether oxygens (including phenoxy) is 1. The summed E-state index contributed by atoms with van der Waals surface area (Å²) >= 11 is 5.61. The summed E-state index contributed by atoms with van der Waals surface area (Å²) in [5, 5.41) is 3.45. The van der Waals surface area contributed by atoms with E-state index < -0.39 is 0 Å². The van der Waals surface area contributed by atoms with Gasteiger partial charge >= 0.3 is 0 Å². The van der Waals surface area contributed by atoms with E-state index in [2.05, 4.69) is 5.32 Å². The summed E-state index contributed by atoms with van der Waals surface area (Å²) in [6.07, 6.45) is 3.35. The van der Waals surface area contributed by atoms with E-state index in [1.54, 1.807) is 13.2 Å². The van der Waals surface area contributed by atoms with Gasteiger partial charge in [-0.1, -0.05) is 17.7 Å². The molecular weight excluding hydrogens is 241 g/mol. The number of halogens is 2. The normalized spacial score (nSPS) is 10.8. The van der Waals surface area contributed by atoms with E-state index in [1.165, 1.54) is 6.07 Å². The SMILES string of the molecule is COCCCCCNCc1ccc(Cl)c(F)c1. The third kappa shape index (κ3) is 6.01. The molecule has 17 heavy (non-hydrogen) atoms. The van der Waals surface area contributed by atoms with Crippen molar-refractivity contribution in [2.45, 2.75) is 25.8 Å². The molecule has 0 spiro atoms. The first-order valence-corrected chi connectivity index (χ1v) is 6.25. The lowest BCUT2D eigenvalue weighted by Crippen LogP contribution is -2.14. The Kier molecular flexibility index (Phi) is 7.17. The summed E-state index contributed by atoms with van der Waals surface area (Å²) in [4.78, 5) is 0. The third-order valence-electron chi connectivity index (χ3n) is 2.52. The predicted octanol–water partition coefficient (Wildman–Crippen LogP) is 3.39. The molecular formula is C13H19ClFNO. The van der Waals surface area contributed by atoms with Crippen LogP contribution in [0.3, 0.4) is 0 Å². The highest BCUT2D eigenvalue weighted by Gasteiger charge is 2.00. The topological polar surface area (TPSA) is 21.3 Å². The molecule has 1 aromatic carbocycles. The van der Waals surface area contributed by atoms with E-state index in [0.29, 0.717) is 6.54 Å². The van der Waals surface area contributed by atoms with E-state index in [0.717, 1.165) is 38.0 Å². The lowest BCUT2D eigenvalue weighted by Gasteiger charge is -2.05. The van der Waals surface area contributed by atoms with Crippen LogP contribution in [0.2, 0.25) is 5.02 Å². The van der Waals surface area contributed by atoms with Crippen molar-refractivity contribution in [3.8, 4) is 0 Å². The molecule has 0 aliphatic rings. The van der Waals surface area contributed by atoms with Crippen molar-refractivity contribution in [2.75, 3.05) is 20.3 Å². The van der Waals surface area contributed by atoms with Crippen molar-refractivity contribution in [3.05, 3.63) is 34.6 Å². The molecule has 0 aliphatic carbocycles. The summed E-state index contributed by atoms with van der Waals surface area (Å²) in [5.74, 6) is -0.355. The van der Waals surface area contributed by atoms with Gasteiger partial charge in [-0.25, -0.2) is 4.39 Å². The maximum absolute atomic E-state index is 13.1. The summed E-state index contributed by atoms with van der Waals surface area (Å²) in [6, 6.07) is 4.90. The molecule has 0 heterocycles. The van der Waals surface area contributed by atoms with Crippen molar-refractivity contribution in [3.63, 3.8) is 0 Å². The average Bonchev–Trinajstić information content (AvgIpc) is 2.32. The van der Waals surface area contributed by atoms with Crippen LogP contribution in [0.25, 0.3) is 0 Å². The highest BCUT2D eigenvalue weighted by atomic mass is 35.5. The van der Waals surface area contributed by atoms with Gasteiger partial charge in [-0.15, -0.1) is 0 Å². The lowest BCUT2D eigenvalue weighted by atomic mass is 10.2. The molecule has 1 rings (SSSR count). The third-order valence-corrected chi connectivity index (χ3v) is 2.82.